The van der Waals surface area contributed by atoms with Crippen molar-refractivity contribution in [3.05, 3.63) is 5.53 Å². The van der Waals surface area contributed by atoms with Crippen molar-refractivity contribution in [3.8, 4) is 0 Å². The van der Waals surface area contributed by atoms with Crippen molar-refractivity contribution in [1.29, 1.82) is 0 Å². The average Bonchev–Trinajstić information content (AvgIpc) is 1.85. The molecule has 0 spiro atoms. The van der Waals surface area contributed by atoms with Crippen molar-refractivity contribution in [2.24, 2.45) is 5.92 Å². The lowest BCUT2D eigenvalue weighted by Crippen LogP contribution is -2.45. The Morgan fingerprint density at radius 1 is 1.33 bits per heavy atom. The van der Waals surface area contributed by atoms with E-state index in [0.29, 0.717) is 5.33 Å². The summed E-state index contributed by atoms with van der Waals surface area (Å²) < 4.78 is 0. The number of aliphatic hydroxyl groups is 1. The zero-order valence-corrected chi connectivity index (χ0v) is 9.50. The lowest BCUT2D eigenvalue weighted by molar-refractivity contribution is -0.0199. The van der Waals surface area contributed by atoms with E-state index in [1.54, 1.807) is 0 Å². The molecule has 0 amide bonds. The maximum atomic E-state index is 9.67. The van der Waals surface area contributed by atoms with Gasteiger partial charge in [-0.1, -0.05) is 33.5 Å². The molecule has 0 saturated carbocycles. The number of rotatable bonds is 3. The minimum atomic E-state index is -1.66. The molecule has 12 heavy (non-hydrogen) atoms. The number of hydrogen-bond donors (Lipinski definition) is 1. The van der Waals surface area contributed by atoms with E-state index in [4.69, 9.17) is 5.53 Å². The summed E-state index contributed by atoms with van der Waals surface area (Å²) in [6, 6.07) is 0. The van der Waals surface area contributed by atoms with Crippen LogP contribution in [0.2, 0.25) is 19.6 Å². The van der Waals surface area contributed by atoms with E-state index >= 15 is 0 Å². The predicted molar refractivity (Wildman–Crippen MR) is 52.8 cm³/mol. The van der Waals surface area contributed by atoms with Gasteiger partial charge in [0.05, 0.1) is 0 Å². The van der Waals surface area contributed by atoms with Crippen molar-refractivity contribution in [2.75, 3.05) is 0 Å². The van der Waals surface area contributed by atoms with Gasteiger partial charge >= 0.3 is 0 Å². The van der Waals surface area contributed by atoms with Gasteiger partial charge in [0.1, 0.15) is 6.10 Å². The Hall–Kier alpha value is -0.443. The zero-order chi connectivity index (χ0) is 9.94. The normalized spacial score (nSPS) is 14.2. The minimum Gasteiger partial charge on any atom is -0.381 e. The molecular formula is C8H18N2OSi. The van der Waals surface area contributed by atoms with Crippen molar-refractivity contribution in [1.82, 2.24) is 0 Å². The average molecular weight is 186 g/mol. The van der Waals surface area contributed by atoms with E-state index in [1.165, 1.54) is 0 Å². The second-order valence-electron chi connectivity index (χ2n) is 4.42. The van der Waals surface area contributed by atoms with Crippen LogP contribution >= 0.6 is 0 Å². The van der Waals surface area contributed by atoms with Gasteiger partial charge in [-0.25, -0.2) is 0 Å². The summed E-state index contributed by atoms with van der Waals surface area (Å²) >= 11 is 0. The number of aliphatic hydroxyl groups excluding tert-OH is 1. The van der Waals surface area contributed by atoms with Crippen molar-refractivity contribution < 1.29 is 9.90 Å². The molecule has 1 atom stereocenters. The van der Waals surface area contributed by atoms with E-state index < -0.39 is 14.2 Å². The highest BCUT2D eigenvalue weighted by atomic mass is 28.3. The first kappa shape index (κ1) is 11.6. The minimum absolute atomic E-state index is 0.114. The van der Waals surface area contributed by atoms with Crippen LogP contribution in [0.15, 0.2) is 0 Å². The van der Waals surface area contributed by atoms with Gasteiger partial charge in [-0.05, 0) is 5.92 Å². The van der Waals surface area contributed by atoms with Crippen LogP contribution in [0, 0.1) is 5.92 Å². The first-order valence-electron chi connectivity index (χ1n) is 4.21. The van der Waals surface area contributed by atoms with Gasteiger partial charge in [0.15, 0.2) is 8.07 Å². The first-order chi connectivity index (χ1) is 5.30. The summed E-state index contributed by atoms with van der Waals surface area (Å²) in [4.78, 5) is 3.21. The molecule has 0 heterocycles. The highest BCUT2D eigenvalue weighted by molar-refractivity contribution is 7.04. The Bertz CT molecular complexity index is 202. The Balaban J connectivity index is 4.73. The van der Waals surface area contributed by atoms with Gasteiger partial charge in [0, 0.05) is 0 Å². The van der Waals surface area contributed by atoms with Crippen LogP contribution in [0.3, 0.4) is 0 Å². The summed E-state index contributed by atoms with van der Waals surface area (Å²) in [5, 5.41) is 10.2. The molecule has 0 aliphatic heterocycles. The third-order valence-corrected chi connectivity index (χ3v) is 3.72. The maximum absolute atomic E-state index is 9.67. The number of nitrogens with zero attached hydrogens (tertiary/aromatic N) is 2. The van der Waals surface area contributed by atoms with Crippen molar-refractivity contribution >= 4 is 13.4 Å². The Labute approximate surface area is 75.1 Å². The van der Waals surface area contributed by atoms with Crippen LogP contribution in [0.25, 0.3) is 5.53 Å². The molecule has 0 rings (SSSR count). The van der Waals surface area contributed by atoms with Crippen LogP contribution in [0.4, 0.5) is 0 Å². The summed E-state index contributed by atoms with van der Waals surface area (Å²) in [5.74, 6) is 0.114. The second kappa shape index (κ2) is 3.98. The smallest absolute Gasteiger partial charge is 0.264 e. The quantitative estimate of drug-likeness (QED) is 0.309. The SMILES string of the molecule is CC(C)C(O)C(=[N+]=[N-])[Si](C)(C)C. The van der Waals surface area contributed by atoms with Crippen molar-refractivity contribution in [2.45, 2.75) is 39.6 Å². The van der Waals surface area contributed by atoms with Crippen LogP contribution in [-0.2, 0) is 0 Å². The van der Waals surface area contributed by atoms with Gasteiger partial charge < -0.3 is 10.6 Å². The highest BCUT2D eigenvalue weighted by Crippen LogP contribution is 2.11. The summed E-state index contributed by atoms with van der Waals surface area (Å²) in [5.41, 5.74) is 8.74. The maximum Gasteiger partial charge on any atom is 0.264 e. The number of hydrogen-bond acceptors (Lipinski definition) is 1. The fourth-order valence-electron chi connectivity index (χ4n) is 0.969. The molecular weight excluding hydrogens is 168 g/mol. The highest BCUT2D eigenvalue weighted by Gasteiger charge is 2.37. The molecule has 3 nitrogen and oxygen atoms in total. The molecule has 0 saturated heterocycles. The van der Waals surface area contributed by atoms with Gasteiger partial charge in [0.25, 0.3) is 5.33 Å². The summed E-state index contributed by atoms with van der Waals surface area (Å²) in [6.45, 7) is 9.97. The molecule has 1 N–H and O–H groups in total. The standard InChI is InChI=1S/C8H18N2OSi/c1-6(2)7(11)8(10-9)12(3,4)5/h6-7,11H,1-5H3. The topological polar surface area (TPSA) is 56.6 Å². The van der Waals surface area contributed by atoms with E-state index in [0.717, 1.165) is 0 Å². The van der Waals surface area contributed by atoms with Crippen LogP contribution in [-0.4, -0.2) is 29.4 Å². The molecule has 0 bridgehead atoms. The van der Waals surface area contributed by atoms with E-state index in [1.807, 2.05) is 33.5 Å². The third kappa shape index (κ3) is 2.89. The molecule has 4 heteroatoms. The molecule has 0 aromatic carbocycles. The van der Waals surface area contributed by atoms with E-state index in [-0.39, 0.29) is 5.92 Å². The third-order valence-electron chi connectivity index (χ3n) is 1.79. The molecule has 0 aromatic rings. The van der Waals surface area contributed by atoms with Crippen LogP contribution < -0.4 is 0 Å². The first-order valence-corrected chi connectivity index (χ1v) is 7.71. The van der Waals surface area contributed by atoms with E-state index in [9.17, 15) is 5.11 Å². The van der Waals surface area contributed by atoms with Crippen LogP contribution in [0.1, 0.15) is 13.8 Å². The zero-order valence-electron chi connectivity index (χ0n) is 8.50. The van der Waals surface area contributed by atoms with Crippen LogP contribution in [0.5, 0.6) is 0 Å². The largest absolute Gasteiger partial charge is 0.381 e. The molecule has 0 aliphatic rings. The summed E-state index contributed by atoms with van der Waals surface area (Å²) in [7, 11) is -1.66. The van der Waals surface area contributed by atoms with Gasteiger partial charge in [0.2, 0.25) is 0 Å². The Kier molecular flexibility index (Phi) is 3.84. The fraction of sp³-hybridized carbons (Fsp3) is 0.875. The lowest BCUT2D eigenvalue weighted by Gasteiger charge is -2.17. The Morgan fingerprint density at radius 3 is 1.83 bits per heavy atom. The fourth-order valence-corrected chi connectivity index (χ4v) is 2.49. The second-order valence-corrected chi connectivity index (χ2v) is 9.44. The molecule has 1 unspecified atom stereocenters. The Morgan fingerprint density at radius 2 is 1.75 bits per heavy atom. The molecule has 0 fully saturated rings. The molecule has 0 radical (unpaired) electrons. The van der Waals surface area contributed by atoms with Gasteiger partial charge in [-0.15, -0.1) is 0 Å². The predicted octanol–water partition coefficient (Wildman–Crippen LogP) is 1.55. The molecule has 0 aromatic heterocycles. The van der Waals surface area contributed by atoms with Crippen molar-refractivity contribution in [3.63, 3.8) is 0 Å². The van der Waals surface area contributed by atoms with E-state index in [2.05, 4.69) is 4.79 Å². The summed E-state index contributed by atoms with van der Waals surface area (Å²) in [6.07, 6.45) is -0.596. The molecule has 0 aliphatic carbocycles. The van der Waals surface area contributed by atoms with Gasteiger partial charge in [-0.3, -0.25) is 0 Å². The monoisotopic (exact) mass is 186 g/mol. The molecule has 70 valence electrons. The van der Waals surface area contributed by atoms with Gasteiger partial charge in [-0.2, -0.15) is 4.79 Å². The lowest BCUT2D eigenvalue weighted by atomic mass is 10.1.